The Morgan fingerprint density at radius 1 is 0.229 bits per heavy atom. The number of hydrogen-bond donors (Lipinski definition) is 0. The molecule has 1 saturated carbocycles. The van der Waals surface area contributed by atoms with Crippen LogP contribution in [0.2, 0.25) is 0 Å². The summed E-state index contributed by atoms with van der Waals surface area (Å²) in [5.41, 5.74) is 0. The van der Waals surface area contributed by atoms with E-state index in [1.165, 1.54) is 0 Å². The lowest BCUT2D eigenvalue weighted by Gasteiger charge is -2.47. The molecule has 0 aromatic carbocycles. The van der Waals surface area contributed by atoms with Gasteiger partial charge in [-0.25, -0.2) is 4.39 Å². The molecule has 1 aliphatic rings. The number of hydrogen-bond acceptors (Lipinski definition) is 0. The smallest absolute Gasteiger partial charge is 0.226 e. The third-order valence-corrected chi connectivity index (χ3v) is 4.49. The number of alkyl halides is 22. The predicted octanol–water partition coefficient (Wildman–Crippen LogP) is 7.49. The molecule has 0 aromatic heterocycles. The Morgan fingerprint density at radius 2 is 0.343 bits per heavy atom. The van der Waals surface area contributed by atoms with Crippen LogP contribution in [0.15, 0.2) is 0 Å². The zero-order chi connectivity index (χ0) is 29.1. The first kappa shape index (κ1) is 31.4. The van der Waals surface area contributed by atoms with Gasteiger partial charge in [-0.05, 0) is 0 Å². The topological polar surface area (TPSA) is 0 Å². The highest BCUT2D eigenvalue weighted by Crippen LogP contribution is 2.70. The Hall–Kier alpha value is -1.61. The zero-order valence-corrected chi connectivity index (χ0v) is 14.7. The first-order chi connectivity index (χ1) is 14.7. The van der Waals surface area contributed by atoms with Gasteiger partial charge in [0.1, 0.15) is 0 Å². The molecule has 1 radical (unpaired) electrons. The quantitative estimate of drug-likeness (QED) is 0.260. The molecule has 35 heavy (non-hydrogen) atoms. The van der Waals surface area contributed by atoms with Gasteiger partial charge < -0.3 is 0 Å². The molecule has 0 bridgehead atoms. The molecule has 0 unspecified atom stereocenters. The SMILES string of the molecule is F[C]1C(F)(F)C(F)(F)C(F)(F)C(F)(F)C(F)(F)C(F)(F)C(F)(F)C(F)(F)C(F)(F)C(F)(F)C1(F)F. The normalized spacial score (nSPS) is 33.7. The van der Waals surface area contributed by atoms with E-state index in [0.717, 1.165) is 0 Å². The molecule has 0 atom stereocenters. The van der Waals surface area contributed by atoms with Crippen LogP contribution in [0.1, 0.15) is 0 Å². The van der Waals surface area contributed by atoms with E-state index >= 15 is 0 Å². The van der Waals surface area contributed by atoms with Gasteiger partial charge in [0.25, 0.3) is 6.17 Å². The summed E-state index contributed by atoms with van der Waals surface area (Å²) in [6.45, 7) is 0. The van der Waals surface area contributed by atoms with Crippen molar-refractivity contribution in [3.05, 3.63) is 6.17 Å². The van der Waals surface area contributed by atoms with Crippen molar-refractivity contribution < 1.29 is 101 Å². The van der Waals surface area contributed by atoms with Crippen molar-refractivity contribution in [1.29, 1.82) is 0 Å². The molecule has 0 aromatic rings. The maximum atomic E-state index is 13.3. The zero-order valence-electron chi connectivity index (χ0n) is 14.7. The average molecular weight is 581 g/mol. The van der Waals surface area contributed by atoms with Gasteiger partial charge in [0.05, 0.1) is 0 Å². The fourth-order valence-electron chi connectivity index (χ4n) is 2.25. The molecule has 1 fully saturated rings. The summed E-state index contributed by atoms with van der Waals surface area (Å²) in [6, 6.07) is 0. The third kappa shape index (κ3) is 2.97. The molecular weight excluding hydrogens is 581 g/mol. The number of halogens is 23. The fraction of sp³-hybridized carbons (Fsp3) is 0.917. The summed E-state index contributed by atoms with van der Waals surface area (Å²) in [4.78, 5) is 0. The second-order valence-corrected chi connectivity index (χ2v) is 6.63. The molecular formula is C12F23. The van der Waals surface area contributed by atoms with E-state index in [1.54, 1.807) is 0 Å². The molecule has 0 saturated heterocycles. The van der Waals surface area contributed by atoms with Crippen molar-refractivity contribution in [3.63, 3.8) is 0 Å². The van der Waals surface area contributed by atoms with Crippen molar-refractivity contribution >= 4 is 0 Å². The van der Waals surface area contributed by atoms with Crippen LogP contribution < -0.4 is 0 Å². The van der Waals surface area contributed by atoms with Crippen LogP contribution in [-0.4, -0.2) is 65.1 Å². The van der Waals surface area contributed by atoms with Gasteiger partial charge in [0.15, 0.2) is 0 Å². The summed E-state index contributed by atoms with van der Waals surface area (Å²) in [7, 11) is 0. The Bertz CT molecular complexity index is 765. The van der Waals surface area contributed by atoms with Gasteiger partial charge >= 0.3 is 65.1 Å². The van der Waals surface area contributed by atoms with E-state index in [4.69, 9.17) is 0 Å². The Morgan fingerprint density at radius 3 is 0.486 bits per heavy atom. The minimum atomic E-state index is -9.31. The van der Waals surface area contributed by atoms with Crippen molar-refractivity contribution in [2.24, 2.45) is 0 Å². The molecule has 1 aliphatic carbocycles. The van der Waals surface area contributed by atoms with E-state index in [2.05, 4.69) is 0 Å². The van der Waals surface area contributed by atoms with Gasteiger partial charge in [0, 0.05) is 0 Å². The molecule has 1 rings (SSSR count). The van der Waals surface area contributed by atoms with Crippen molar-refractivity contribution in [3.8, 4) is 0 Å². The van der Waals surface area contributed by atoms with Gasteiger partial charge in [0.2, 0.25) is 0 Å². The Balaban J connectivity index is 4.45. The highest BCUT2D eigenvalue weighted by molar-refractivity contribution is 5.26. The van der Waals surface area contributed by atoms with Crippen LogP contribution >= 0.6 is 0 Å². The summed E-state index contributed by atoms with van der Waals surface area (Å²) in [5.74, 6) is -100. The van der Waals surface area contributed by atoms with Crippen LogP contribution in [-0.2, 0) is 0 Å². The van der Waals surface area contributed by atoms with Gasteiger partial charge in [-0.3, -0.25) is 0 Å². The van der Waals surface area contributed by atoms with Crippen molar-refractivity contribution in [2.75, 3.05) is 0 Å². The lowest BCUT2D eigenvalue weighted by Crippen LogP contribution is -2.79. The second kappa shape index (κ2) is 7.03. The molecule has 0 amide bonds. The van der Waals surface area contributed by atoms with Crippen LogP contribution in [0.5, 0.6) is 0 Å². The van der Waals surface area contributed by atoms with E-state index in [9.17, 15) is 101 Å². The van der Waals surface area contributed by atoms with Gasteiger partial charge in [-0.2, -0.15) is 96.6 Å². The Kier molecular flexibility index (Phi) is 6.31. The van der Waals surface area contributed by atoms with Crippen LogP contribution in [0.4, 0.5) is 101 Å². The average Bonchev–Trinajstić information content (AvgIpc) is 2.64. The fourth-order valence-corrected chi connectivity index (χ4v) is 2.25. The lowest BCUT2D eigenvalue weighted by molar-refractivity contribution is -0.482. The van der Waals surface area contributed by atoms with Crippen LogP contribution in [0, 0.1) is 6.17 Å². The lowest BCUT2D eigenvalue weighted by atomic mass is 9.80. The molecule has 0 nitrogen and oxygen atoms in total. The molecule has 0 aliphatic heterocycles. The minimum Gasteiger partial charge on any atom is -0.226 e. The van der Waals surface area contributed by atoms with Gasteiger partial charge in [-0.1, -0.05) is 0 Å². The molecule has 0 spiro atoms. The summed E-state index contributed by atoms with van der Waals surface area (Å²) in [6.07, 6.45) is -6.33. The summed E-state index contributed by atoms with van der Waals surface area (Å²) in [5, 5.41) is 0. The predicted molar refractivity (Wildman–Crippen MR) is 58.8 cm³/mol. The van der Waals surface area contributed by atoms with Crippen molar-refractivity contribution in [1.82, 2.24) is 0 Å². The highest BCUT2D eigenvalue weighted by Gasteiger charge is 3.01. The molecule has 209 valence electrons. The maximum Gasteiger partial charge on any atom is 0.385 e. The van der Waals surface area contributed by atoms with E-state index < -0.39 is 71.3 Å². The first-order valence-electron chi connectivity index (χ1n) is 7.35. The number of rotatable bonds is 0. The van der Waals surface area contributed by atoms with Gasteiger partial charge in [-0.15, -0.1) is 0 Å². The summed E-state index contributed by atoms with van der Waals surface area (Å²) < 4.78 is 306. The van der Waals surface area contributed by atoms with E-state index in [1.807, 2.05) is 0 Å². The Labute approximate surface area is 174 Å². The largest absolute Gasteiger partial charge is 0.385 e. The third-order valence-electron chi connectivity index (χ3n) is 4.49. The maximum absolute atomic E-state index is 13.3. The molecule has 0 N–H and O–H groups in total. The van der Waals surface area contributed by atoms with Crippen molar-refractivity contribution in [2.45, 2.75) is 65.1 Å². The molecule has 23 heteroatoms. The molecule has 0 heterocycles. The van der Waals surface area contributed by atoms with E-state index in [-0.39, 0.29) is 0 Å². The summed E-state index contributed by atoms with van der Waals surface area (Å²) >= 11 is 0. The first-order valence-corrected chi connectivity index (χ1v) is 7.35. The minimum absolute atomic E-state index is 6.33. The highest BCUT2D eigenvalue weighted by atomic mass is 19.4. The second-order valence-electron chi connectivity index (χ2n) is 6.63. The monoisotopic (exact) mass is 581 g/mol. The van der Waals surface area contributed by atoms with Crippen LogP contribution in [0.25, 0.3) is 0 Å². The van der Waals surface area contributed by atoms with E-state index in [0.29, 0.717) is 0 Å². The van der Waals surface area contributed by atoms with Crippen LogP contribution in [0.3, 0.4) is 0 Å². The standard InChI is InChI=1S/C12F23/c13-1-2(14,15)4(18,19)6(22,23)8(26,27)10(30,31)12(34,35)11(32,33)9(28,29)7(24,25)5(20,21)3(1,16)17.